The third-order valence-corrected chi connectivity index (χ3v) is 3.08. The largest absolute Gasteiger partial charge is 0.376 e. The molecule has 2 rings (SSSR count). The SMILES string of the molecule is Cc1cc(Cl)ccc1NCC(=O)Nc1ccc(Cl)cn1. The Bertz CT molecular complexity index is 614. The maximum absolute atomic E-state index is 11.8. The van der Waals surface area contributed by atoms with E-state index in [-0.39, 0.29) is 12.5 Å². The zero-order valence-electron chi connectivity index (χ0n) is 10.8. The highest BCUT2D eigenvalue weighted by atomic mass is 35.5. The van der Waals surface area contributed by atoms with Gasteiger partial charge in [0.25, 0.3) is 0 Å². The number of carbonyl (C=O) groups excluding carboxylic acids is 1. The summed E-state index contributed by atoms with van der Waals surface area (Å²) in [6.07, 6.45) is 1.48. The Kier molecular flexibility index (Phi) is 4.82. The molecule has 0 atom stereocenters. The van der Waals surface area contributed by atoms with Crippen molar-refractivity contribution in [2.24, 2.45) is 0 Å². The summed E-state index contributed by atoms with van der Waals surface area (Å²) in [4.78, 5) is 15.8. The van der Waals surface area contributed by atoms with E-state index in [9.17, 15) is 4.79 Å². The van der Waals surface area contributed by atoms with Gasteiger partial charge in [0.15, 0.2) is 0 Å². The molecule has 0 fully saturated rings. The molecule has 1 aromatic heterocycles. The average molecular weight is 310 g/mol. The fourth-order valence-corrected chi connectivity index (χ4v) is 1.98. The van der Waals surface area contributed by atoms with Crippen molar-refractivity contribution in [2.75, 3.05) is 17.2 Å². The zero-order valence-corrected chi connectivity index (χ0v) is 12.3. The van der Waals surface area contributed by atoms with Gasteiger partial charge in [-0.2, -0.15) is 0 Å². The van der Waals surface area contributed by atoms with Crippen molar-refractivity contribution in [2.45, 2.75) is 6.92 Å². The summed E-state index contributed by atoms with van der Waals surface area (Å²) in [6.45, 7) is 2.07. The van der Waals surface area contributed by atoms with Crippen LogP contribution in [0, 0.1) is 6.92 Å². The maximum atomic E-state index is 11.8. The molecule has 6 heteroatoms. The quantitative estimate of drug-likeness (QED) is 0.904. The maximum Gasteiger partial charge on any atom is 0.244 e. The lowest BCUT2D eigenvalue weighted by atomic mass is 10.2. The summed E-state index contributed by atoms with van der Waals surface area (Å²) >= 11 is 11.6. The Hall–Kier alpha value is -1.78. The van der Waals surface area contributed by atoms with E-state index in [0.29, 0.717) is 15.9 Å². The number of nitrogens with zero attached hydrogens (tertiary/aromatic N) is 1. The van der Waals surface area contributed by atoms with Crippen LogP contribution in [0.2, 0.25) is 10.0 Å². The molecule has 2 aromatic rings. The van der Waals surface area contributed by atoms with E-state index in [1.165, 1.54) is 6.20 Å². The Morgan fingerprint density at radius 3 is 2.60 bits per heavy atom. The van der Waals surface area contributed by atoms with E-state index < -0.39 is 0 Å². The predicted molar refractivity (Wildman–Crippen MR) is 82.6 cm³/mol. The molecule has 0 saturated carbocycles. The summed E-state index contributed by atoms with van der Waals surface area (Å²) in [6, 6.07) is 8.76. The number of anilines is 2. The summed E-state index contributed by atoms with van der Waals surface area (Å²) < 4.78 is 0. The Balaban J connectivity index is 1.90. The average Bonchev–Trinajstić information content (AvgIpc) is 2.40. The minimum atomic E-state index is -0.186. The molecule has 0 aliphatic heterocycles. The molecule has 0 radical (unpaired) electrons. The molecule has 4 nitrogen and oxygen atoms in total. The number of carbonyl (C=O) groups is 1. The van der Waals surface area contributed by atoms with E-state index in [4.69, 9.17) is 23.2 Å². The van der Waals surface area contributed by atoms with E-state index in [0.717, 1.165) is 11.3 Å². The van der Waals surface area contributed by atoms with Gasteiger partial charge in [0.2, 0.25) is 5.91 Å². The Morgan fingerprint density at radius 1 is 1.20 bits per heavy atom. The second-order valence-corrected chi connectivity index (χ2v) is 5.10. The molecular formula is C14H13Cl2N3O. The van der Waals surface area contributed by atoms with Crippen LogP contribution >= 0.6 is 23.2 Å². The van der Waals surface area contributed by atoms with Gasteiger partial charge in [-0.1, -0.05) is 23.2 Å². The normalized spacial score (nSPS) is 10.2. The van der Waals surface area contributed by atoms with Crippen molar-refractivity contribution in [3.8, 4) is 0 Å². The van der Waals surface area contributed by atoms with Gasteiger partial charge in [-0.05, 0) is 42.8 Å². The van der Waals surface area contributed by atoms with Crippen molar-refractivity contribution in [3.63, 3.8) is 0 Å². The highest BCUT2D eigenvalue weighted by molar-refractivity contribution is 6.30. The van der Waals surface area contributed by atoms with Gasteiger partial charge in [-0.3, -0.25) is 4.79 Å². The number of rotatable bonds is 4. The van der Waals surface area contributed by atoms with Gasteiger partial charge in [0.05, 0.1) is 11.6 Å². The first kappa shape index (κ1) is 14.6. The molecule has 0 spiro atoms. The van der Waals surface area contributed by atoms with Gasteiger partial charge < -0.3 is 10.6 Å². The van der Waals surface area contributed by atoms with Crippen molar-refractivity contribution in [3.05, 3.63) is 52.1 Å². The van der Waals surface area contributed by atoms with Crippen LogP contribution in [-0.2, 0) is 4.79 Å². The number of nitrogens with one attached hydrogen (secondary N) is 2. The predicted octanol–water partition coefficient (Wildman–Crippen LogP) is 3.75. The second kappa shape index (κ2) is 6.59. The monoisotopic (exact) mass is 309 g/mol. The van der Waals surface area contributed by atoms with Crippen molar-refractivity contribution >= 4 is 40.6 Å². The standard InChI is InChI=1S/C14H13Cl2N3O/c1-9-6-10(15)2-4-12(9)17-8-14(20)19-13-5-3-11(16)7-18-13/h2-7,17H,8H2,1H3,(H,18,19,20). The number of pyridine rings is 1. The summed E-state index contributed by atoms with van der Waals surface area (Å²) in [5.41, 5.74) is 1.85. The zero-order chi connectivity index (χ0) is 14.5. The smallest absolute Gasteiger partial charge is 0.244 e. The molecule has 20 heavy (non-hydrogen) atoms. The minimum absolute atomic E-state index is 0.146. The Labute approximate surface area is 127 Å². The first-order valence-corrected chi connectivity index (χ1v) is 6.71. The number of aromatic nitrogens is 1. The molecule has 0 unspecified atom stereocenters. The molecule has 1 amide bonds. The van der Waals surface area contributed by atoms with Gasteiger partial charge in [-0.25, -0.2) is 4.98 Å². The van der Waals surface area contributed by atoms with Gasteiger partial charge in [0, 0.05) is 16.9 Å². The Morgan fingerprint density at radius 2 is 1.95 bits per heavy atom. The molecule has 0 bridgehead atoms. The summed E-state index contributed by atoms with van der Waals surface area (Å²) in [7, 11) is 0. The van der Waals surface area contributed by atoms with Crippen molar-refractivity contribution < 1.29 is 4.79 Å². The molecule has 1 aromatic carbocycles. The lowest BCUT2D eigenvalue weighted by molar-refractivity contribution is -0.114. The number of halogens is 2. The number of amides is 1. The number of aryl methyl sites for hydroxylation is 1. The molecular weight excluding hydrogens is 297 g/mol. The molecule has 0 aliphatic rings. The molecule has 104 valence electrons. The van der Waals surface area contributed by atoms with Gasteiger partial charge in [-0.15, -0.1) is 0 Å². The van der Waals surface area contributed by atoms with Crippen LogP contribution in [0.15, 0.2) is 36.5 Å². The highest BCUT2D eigenvalue weighted by Crippen LogP contribution is 2.19. The molecule has 2 N–H and O–H groups in total. The topological polar surface area (TPSA) is 54.0 Å². The number of benzene rings is 1. The van der Waals surface area contributed by atoms with E-state index >= 15 is 0 Å². The highest BCUT2D eigenvalue weighted by Gasteiger charge is 2.05. The van der Waals surface area contributed by atoms with E-state index in [2.05, 4.69) is 15.6 Å². The van der Waals surface area contributed by atoms with Crippen LogP contribution in [-0.4, -0.2) is 17.4 Å². The first-order valence-electron chi connectivity index (χ1n) is 5.96. The lowest BCUT2D eigenvalue weighted by Crippen LogP contribution is -2.22. The number of hydrogen-bond acceptors (Lipinski definition) is 3. The number of hydrogen-bond donors (Lipinski definition) is 2. The minimum Gasteiger partial charge on any atom is -0.376 e. The van der Waals surface area contributed by atoms with E-state index in [1.54, 1.807) is 18.2 Å². The van der Waals surface area contributed by atoms with Crippen molar-refractivity contribution in [1.29, 1.82) is 0 Å². The first-order chi connectivity index (χ1) is 9.54. The fourth-order valence-electron chi connectivity index (χ4n) is 1.64. The van der Waals surface area contributed by atoms with Crippen LogP contribution in [0.25, 0.3) is 0 Å². The van der Waals surface area contributed by atoms with E-state index in [1.807, 2.05) is 19.1 Å². The van der Waals surface area contributed by atoms with Crippen LogP contribution in [0.4, 0.5) is 11.5 Å². The third-order valence-electron chi connectivity index (χ3n) is 2.62. The van der Waals surface area contributed by atoms with Crippen LogP contribution < -0.4 is 10.6 Å². The third kappa shape index (κ3) is 4.11. The van der Waals surface area contributed by atoms with Crippen LogP contribution in [0.5, 0.6) is 0 Å². The van der Waals surface area contributed by atoms with Gasteiger partial charge >= 0.3 is 0 Å². The second-order valence-electron chi connectivity index (χ2n) is 4.22. The van der Waals surface area contributed by atoms with Crippen molar-refractivity contribution in [1.82, 2.24) is 4.98 Å². The van der Waals surface area contributed by atoms with Gasteiger partial charge in [0.1, 0.15) is 5.82 Å². The molecule has 0 saturated heterocycles. The fraction of sp³-hybridized carbons (Fsp3) is 0.143. The summed E-state index contributed by atoms with van der Waals surface area (Å²) in [5, 5.41) is 6.92. The van der Waals surface area contributed by atoms with Crippen LogP contribution in [0.1, 0.15) is 5.56 Å². The molecule has 0 aliphatic carbocycles. The summed E-state index contributed by atoms with van der Waals surface area (Å²) in [5.74, 6) is 0.281. The lowest BCUT2D eigenvalue weighted by Gasteiger charge is -2.10. The van der Waals surface area contributed by atoms with Crippen LogP contribution in [0.3, 0.4) is 0 Å². The molecule has 1 heterocycles.